The molecule has 31 heavy (non-hydrogen) atoms. The molecule has 0 aliphatic carbocycles. The molecule has 9 heteroatoms. The van der Waals surface area contributed by atoms with Crippen molar-refractivity contribution in [3.05, 3.63) is 102 Å². The third kappa shape index (κ3) is 4.44. The van der Waals surface area contributed by atoms with Gasteiger partial charge in [-0.2, -0.15) is 0 Å². The normalized spacial score (nSPS) is 11.0. The molecule has 0 saturated heterocycles. The second-order valence-electron chi connectivity index (χ2n) is 6.85. The maximum absolute atomic E-state index is 13.2. The number of carbonyl (C=O) groups excluding carboxylic acids is 1. The molecule has 2 heterocycles. The molecule has 0 fully saturated rings. The number of carbonyl (C=O) groups is 1. The van der Waals surface area contributed by atoms with Gasteiger partial charge < -0.3 is 5.32 Å². The van der Waals surface area contributed by atoms with Gasteiger partial charge in [0.05, 0.1) is 12.1 Å². The smallest absolute Gasteiger partial charge is 0.332 e. The highest BCUT2D eigenvalue weighted by molar-refractivity contribution is 7.17. The summed E-state index contributed by atoms with van der Waals surface area (Å²) >= 11 is 13.6. The summed E-state index contributed by atoms with van der Waals surface area (Å²) < 4.78 is 2.83. The lowest BCUT2D eigenvalue weighted by Crippen LogP contribution is -2.42. The number of nitrogens with one attached hydrogen (secondary N) is 1. The van der Waals surface area contributed by atoms with Crippen molar-refractivity contribution in [1.29, 1.82) is 0 Å². The van der Waals surface area contributed by atoms with Crippen molar-refractivity contribution < 1.29 is 4.79 Å². The first-order valence-corrected chi connectivity index (χ1v) is 11.0. The predicted octanol–water partition coefficient (Wildman–Crippen LogP) is 3.90. The summed E-state index contributed by atoms with van der Waals surface area (Å²) in [5.41, 5.74) is 0.887. The van der Waals surface area contributed by atoms with Crippen LogP contribution in [0, 0.1) is 0 Å². The van der Waals surface area contributed by atoms with Gasteiger partial charge in [0.2, 0.25) is 5.91 Å². The van der Waals surface area contributed by atoms with Gasteiger partial charge in [0, 0.05) is 16.6 Å². The van der Waals surface area contributed by atoms with Crippen LogP contribution in [0.5, 0.6) is 0 Å². The van der Waals surface area contributed by atoms with Crippen LogP contribution < -0.4 is 16.6 Å². The molecule has 0 saturated carbocycles. The van der Waals surface area contributed by atoms with E-state index < -0.39 is 11.2 Å². The van der Waals surface area contributed by atoms with Gasteiger partial charge in [-0.1, -0.05) is 59.6 Å². The number of fused-ring (bicyclic) bond motifs is 1. The second kappa shape index (κ2) is 9.09. The topological polar surface area (TPSA) is 73.1 Å². The van der Waals surface area contributed by atoms with Gasteiger partial charge >= 0.3 is 5.69 Å². The third-order valence-corrected chi connectivity index (χ3v) is 6.49. The second-order valence-corrected chi connectivity index (χ2v) is 8.59. The molecule has 0 unspecified atom stereocenters. The lowest BCUT2D eigenvalue weighted by atomic mass is 10.2. The Morgan fingerprint density at radius 2 is 1.55 bits per heavy atom. The van der Waals surface area contributed by atoms with Crippen molar-refractivity contribution in [3.63, 3.8) is 0 Å². The molecule has 0 bridgehead atoms. The van der Waals surface area contributed by atoms with E-state index in [0.717, 1.165) is 10.1 Å². The molecule has 0 spiro atoms. The number of halogens is 2. The molecular formula is C22H17Cl2N3O3S. The van der Waals surface area contributed by atoms with Crippen molar-refractivity contribution in [2.45, 2.75) is 19.6 Å². The lowest BCUT2D eigenvalue weighted by molar-refractivity contribution is -0.121. The Labute approximate surface area is 191 Å². The number of thiophene rings is 1. The first-order chi connectivity index (χ1) is 15.0. The minimum absolute atomic E-state index is 0.0203. The van der Waals surface area contributed by atoms with E-state index in [1.165, 1.54) is 15.9 Å². The van der Waals surface area contributed by atoms with Crippen LogP contribution in [0.15, 0.2) is 69.6 Å². The molecule has 1 amide bonds. The number of amides is 1. The largest absolute Gasteiger partial charge is 0.350 e. The third-order valence-electron chi connectivity index (χ3n) is 4.86. The fraction of sp³-hybridized carbons (Fsp3) is 0.136. The van der Waals surface area contributed by atoms with Crippen molar-refractivity contribution in [1.82, 2.24) is 14.5 Å². The van der Waals surface area contributed by atoms with Gasteiger partial charge in [-0.05, 0) is 34.7 Å². The van der Waals surface area contributed by atoms with Crippen LogP contribution in [0.25, 0.3) is 10.2 Å². The highest BCUT2D eigenvalue weighted by atomic mass is 35.5. The molecule has 2 aromatic heterocycles. The number of benzene rings is 2. The van der Waals surface area contributed by atoms with Crippen molar-refractivity contribution in [2.75, 3.05) is 0 Å². The fourth-order valence-corrected chi connectivity index (χ4v) is 4.50. The molecule has 0 aliphatic heterocycles. The van der Waals surface area contributed by atoms with Gasteiger partial charge in [-0.25, -0.2) is 4.79 Å². The van der Waals surface area contributed by atoms with Crippen molar-refractivity contribution in [2.24, 2.45) is 0 Å². The average Bonchev–Trinajstić information content (AvgIpc) is 3.25. The Bertz CT molecular complexity index is 1390. The van der Waals surface area contributed by atoms with Crippen LogP contribution in [-0.2, 0) is 24.4 Å². The highest BCUT2D eigenvalue weighted by Crippen LogP contribution is 2.18. The van der Waals surface area contributed by atoms with Crippen molar-refractivity contribution in [3.8, 4) is 0 Å². The van der Waals surface area contributed by atoms with E-state index in [1.54, 1.807) is 41.8 Å². The van der Waals surface area contributed by atoms with E-state index >= 15 is 0 Å². The quantitative estimate of drug-likeness (QED) is 0.461. The number of hydrogen-bond donors (Lipinski definition) is 1. The van der Waals surface area contributed by atoms with Gasteiger partial charge in [-0.3, -0.25) is 18.7 Å². The van der Waals surface area contributed by atoms with Gasteiger partial charge in [0.1, 0.15) is 11.2 Å². The molecule has 4 aromatic rings. The summed E-state index contributed by atoms with van der Waals surface area (Å²) in [6.45, 7) is 0.0328. The first-order valence-electron chi connectivity index (χ1n) is 9.40. The summed E-state index contributed by atoms with van der Waals surface area (Å²) in [5.74, 6) is -0.363. The van der Waals surface area contributed by atoms with E-state index in [-0.39, 0.29) is 25.5 Å². The lowest BCUT2D eigenvalue weighted by Gasteiger charge is -2.13. The summed E-state index contributed by atoms with van der Waals surface area (Å²) in [4.78, 5) is 38.7. The Morgan fingerprint density at radius 3 is 2.23 bits per heavy atom. The van der Waals surface area contributed by atoms with Gasteiger partial charge in [0.15, 0.2) is 0 Å². The van der Waals surface area contributed by atoms with Crippen LogP contribution in [-0.4, -0.2) is 15.0 Å². The maximum atomic E-state index is 13.2. The number of nitrogens with zero attached hydrogens (tertiary/aromatic N) is 2. The molecule has 0 aliphatic rings. The summed E-state index contributed by atoms with van der Waals surface area (Å²) in [6, 6.07) is 15.9. The van der Waals surface area contributed by atoms with E-state index in [2.05, 4.69) is 5.32 Å². The molecule has 6 nitrogen and oxygen atoms in total. The Kier molecular flexibility index (Phi) is 6.27. The zero-order valence-corrected chi connectivity index (χ0v) is 18.5. The Hall–Kier alpha value is -2.87. The van der Waals surface area contributed by atoms with E-state index in [0.29, 0.717) is 25.8 Å². The number of aromatic nitrogens is 2. The van der Waals surface area contributed by atoms with Crippen LogP contribution in [0.4, 0.5) is 0 Å². The summed E-state index contributed by atoms with van der Waals surface area (Å²) in [7, 11) is 0. The molecule has 0 radical (unpaired) electrons. The number of rotatable bonds is 6. The Balaban J connectivity index is 1.66. The molecule has 2 aromatic carbocycles. The highest BCUT2D eigenvalue weighted by Gasteiger charge is 2.17. The molecule has 4 rings (SSSR count). The van der Waals surface area contributed by atoms with Crippen LogP contribution >= 0.6 is 34.5 Å². The van der Waals surface area contributed by atoms with E-state index in [4.69, 9.17) is 23.2 Å². The molecule has 158 valence electrons. The first kappa shape index (κ1) is 21.4. The predicted molar refractivity (Wildman–Crippen MR) is 124 cm³/mol. The van der Waals surface area contributed by atoms with Crippen LogP contribution in [0.3, 0.4) is 0 Å². The summed E-state index contributed by atoms with van der Waals surface area (Å²) in [6.07, 6.45) is 0. The monoisotopic (exact) mass is 473 g/mol. The fourth-order valence-electron chi connectivity index (χ4n) is 3.26. The van der Waals surface area contributed by atoms with Crippen LogP contribution in [0.2, 0.25) is 10.0 Å². The zero-order valence-electron chi connectivity index (χ0n) is 16.2. The number of hydrogen-bond acceptors (Lipinski definition) is 4. The minimum Gasteiger partial charge on any atom is -0.350 e. The minimum atomic E-state index is -0.566. The van der Waals surface area contributed by atoms with E-state index in [1.807, 2.05) is 18.2 Å². The maximum Gasteiger partial charge on any atom is 0.332 e. The van der Waals surface area contributed by atoms with Crippen LogP contribution in [0.1, 0.15) is 11.1 Å². The SMILES string of the molecule is O=C(Cn1c(=O)n(Cc2ccccc2Cl)c(=O)c2sccc21)NCc1ccccc1Cl. The molecular weight excluding hydrogens is 457 g/mol. The summed E-state index contributed by atoms with van der Waals surface area (Å²) in [5, 5.41) is 5.51. The van der Waals surface area contributed by atoms with E-state index in [9.17, 15) is 14.4 Å². The van der Waals surface area contributed by atoms with Gasteiger partial charge in [0.25, 0.3) is 5.56 Å². The van der Waals surface area contributed by atoms with Crippen molar-refractivity contribution >= 4 is 50.7 Å². The zero-order chi connectivity index (χ0) is 22.0. The Morgan fingerprint density at radius 1 is 0.903 bits per heavy atom. The molecule has 0 atom stereocenters. The molecule has 1 N–H and O–H groups in total. The standard InChI is InChI=1S/C22H17Cl2N3O3S/c23-16-7-3-1-5-14(16)11-25-19(28)13-26-18-9-10-31-20(18)21(29)27(22(26)30)12-15-6-2-4-8-17(15)24/h1-10H,11-13H2,(H,25,28). The average molecular weight is 474 g/mol. The van der Waals surface area contributed by atoms with Gasteiger partial charge in [-0.15, -0.1) is 11.3 Å².